The molecule has 2 unspecified atom stereocenters. The van der Waals surface area contributed by atoms with E-state index in [-0.39, 0.29) is 5.88 Å². The number of nitrogens with zero attached hydrogens (tertiary/aromatic N) is 1. The van der Waals surface area contributed by atoms with Crippen LogP contribution >= 0.6 is 0 Å². The number of aliphatic hydroxyl groups excluding tert-OH is 1. The number of aliphatic hydroxyl groups is 1. The zero-order valence-electron chi connectivity index (χ0n) is 14.1. The zero-order valence-corrected chi connectivity index (χ0v) is 14.1. The molecule has 0 spiro atoms. The average molecular weight is 345 g/mol. The van der Waals surface area contributed by atoms with Crippen LogP contribution in [0.1, 0.15) is 35.9 Å². The molecule has 0 saturated carbocycles. The van der Waals surface area contributed by atoms with Crippen LogP contribution in [0.25, 0.3) is 0 Å². The first-order chi connectivity index (χ1) is 11.8. The maximum absolute atomic E-state index is 11.8. The van der Waals surface area contributed by atoms with Crippen LogP contribution in [0.2, 0.25) is 0 Å². The topological polar surface area (TPSA) is 98.1 Å². The molecule has 3 rings (SSSR count). The van der Waals surface area contributed by atoms with E-state index in [9.17, 15) is 15.0 Å². The second kappa shape index (κ2) is 6.25. The zero-order chi connectivity index (χ0) is 18.2. The van der Waals surface area contributed by atoms with Crippen LogP contribution in [0.5, 0.6) is 17.4 Å². The molecule has 0 fully saturated rings. The van der Waals surface area contributed by atoms with E-state index in [4.69, 9.17) is 14.2 Å². The molecule has 2 atom stereocenters. The first kappa shape index (κ1) is 17.0. The highest BCUT2D eigenvalue weighted by Crippen LogP contribution is 2.42. The Balaban J connectivity index is 2.05. The summed E-state index contributed by atoms with van der Waals surface area (Å²) in [6, 6.07) is 7.73. The predicted octanol–water partition coefficient (Wildman–Crippen LogP) is 2.23. The van der Waals surface area contributed by atoms with Crippen molar-refractivity contribution in [1.82, 2.24) is 4.98 Å². The lowest BCUT2D eigenvalue weighted by Gasteiger charge is -2.41. The van der Waals surface area contributed by atoms with Crippen molar-refractivity contribution in [2.24, 2.45) is 0 Å². The molecule has 1 aromatic heterocycles. The minimum absolute atomic E-state index is 0.193. The van der Waals surface area contributed by atoms with Crippen molar-refractivity contribution in [1.29, 1.82) is 0 Å². The largest absolute Gasteiger partial charge is 0.493 e. The average Bonchev–Trinajstić information content (AvgIpc) is 2.58. The number of ether oxygens (including phenoxy) is 3. The van der Waals surface area contributed by atoms with Crippen molar-refractivity contribution < 1.29 is 29.2 Å². The number of rotatable bonds is 3. The number of carbonyl (C=O) groups is 1. The molecule has 0 amide bonds. The van der Waals surface area contributed by atoms with Crippen LogP contribution in [0.3, 0.4) is 0 Å². The summed E-state index contributed by atoms with van der Waals surface area (Å²) in [5.41, 5.74) is -0.0616. The fraction of sp³-hybridized carbons (Fsp3) is 0.333. The van der Waals surface area contributed by atoms with E-state index in [0.717, 1.165) is 0 Å². The van der Waals surface area contributed by atoms with E-state index in [1.807, 2.05) is 0 Å². The fourth-order valence-corrected chi connectivity index (χ4v) is 2.73. The summed E-state index contributed by atoms with van der Waals surface area (Å²) in [6.45, 7) is 3.49. The number of aromatic nitrogens is 1. The number of benzene rings is 1. The highest BCUT2D eigenvalue weighted by Gasteiger charge is 2.44. The van der Waals surface area contributed by atoms with E-state index in [1.165, 1.54) is 19.4 Å². The summed E-state index contributed by atoms with van der Waals surface area (Å²) >= 11 is 0. The minimum Gasteiger partial charge on any atom is -0.493 e. The van der Waals surface area contributed by atoms with Crippen LogP contribution in [-0.4, -0.2) is 40.0 Å². The van der Waals surface area contributed by atoms with Crippen molar-refractivity contribution >= 4 is 5.97 Å². The number of esters is 1. The number of methoxy groups -OCH3 is 1. The van der Waals surface area contributed by atoms with Crippen LogP contribution < -0.4 is 9.47 Å². The van der Waals surface area contributed by atoms with Gasteiger partial charge in [0.15, 0.2) is 6.10 Å². The smallest absolute Gasteiger partial charge is 0.337 e. The molecule has 1 aliphatic rings. The van der Waals surface area contributed by atoms with Crippen LogP contribution in [-0.2, 0) is 4.74 Å². The second-order valence-corrected chi connectivity index (χ2v) is 6.28. The molecule has 0 bridgehead atoms. The third-order valence-electron chi connectivity index (χ3n) is 4.09. The van der Waals surface area contributed by atoms with Gasteiger partial charge in [0.2, 0.25) is 5.88 Å². The van der Waals surface area contributed by atoms with Gasteiger partial charge in [-0.1, -0.05) is 0 Å². The summed E-state index contributed by atoms with van der Waals surface area (Å²) in [7, 11) is 1.30. The molecule has 1 aliphatic heterocycles. The number of pyridine rings is 1. The normalized spacial score (nSPS) is 21.0. The molecule has 0 saturated heterocycles. The van der Waals surface area contributed by atoms with E-state index in [1.54, 1.807) is 38.1 Å². The van der Waals surface area contributed by atoms with Gasteiger partial charge in [-0.15, -0.1) is 0 Å². The van der Waals surface area contributed by atoms with Gasteiger partial charge in [0.1, 0.15) is 23.2 Å². The van der Waals surface area contributed by atoms with Gasteiger partial charge < -0.3 is 24.4 Å². The lowest BCUT2D eigenvalue weighted by atomic mass is 9.87. The first-order valence-electron chi connectivity index (χ1n) is 7.73. The van der Waals surface area contributed by atoms with Gasteiger partial charge in [-0.2, -0.15) is 0 Å². The SMILES string of the molecule is COC(=O)c1ccc2c(c1)C(Oc1ccnc(O)c1)C(O)C(C)(C)O2. The number of aromatic hydroxyl groups is 1. The van der Waals surface area contributed by atoms with Crippen molar-refractivity contribution in [2.45, 2.75) is 31.7 Å². The number of carbonyl (C=O) groups excluding carboxylic acids is 1. The van der Waals surface area contributed by atoms with Crippen molar-refractivity contribution in [2.75, 3.05) is 7.11 Å². The lowest BCUT2D eigenvalue weighted by Crippen LogP contribution is -2.50. The number of fused-ring (bicyclic) bond motifs is 1. The highest BCUT2D eigenvalue weighted by atomic mass is 16.5. The van der Waals surface area contributed by atoms with Gasteiger partial charge >= 0.3 is 5.97 Å². The van der Waals surface area contributed by atoms with Crippen LogP contribution in [0.15, 0.2) is 36.5 Å². The van der Waals surface area contributed by atoms with Gasteiger partial charge in [0.05, 0.1) is 12.7 Å². The lowest BCUT2D eigenvalue weighted by molar-refractivity contribution is -0.103. The molecule has 7 nitrogen and oxygen atoms in total. The summed E-state index contributed by atoms with van der Waals surface area (Å²) in [5, 5.41) is 20.2. The standard InChI is InChI=1S/C18H19NO6/c1-18(2)16(21)15(24-11-6-7-19-14(20)9-11)12-8-10(17(22)23-3)4-5-13(12)25-18/h4-9,15-16,21H,1-3H3,(H,19,20). The Bertz CT molecular complexity index is 804. The number of hydrogen-bond donors (Lipinski definition) is 2. The molecule has 1 aromatic carbocycles. The van der Waals surface area contributed by atoms with Crippen LogP contribution in [0, 0.1) is 0 Å². The Morgan fingerprint density at radius 3 is 2.72 bits per heavy atom. The Morgan fingerprint density at radius 1 is 1.28 bits per heavy atom. The molecule has 0 aliphatic carbocycles. The monoisotopic (exact) mass is 345 g/mol. The first-order valence-corrected chi connectivity index (χ1v) is 7.73. The van der Waals surface area contributed by atoms with Gasteiger partial charge in [-0.05, 0) is 38.1 Å². The van der Waals surface area contributed by atoms with Crippen molar-refractivity contribution in [3.63, 3.8) is 0 Å². The molecule has 25 heavy (non-hydrogen) atoms. The maximum Gasteiger partial charge on any atom is 0.337 e. The second-order valence-electron chi connectivity index (χ2n) is 6.28. The van der Waals surface area contributed by atoms with E-state index in [2.05, 4.69) is 4.98 Å². The molecule has 2 heterocycles. The molecule has 132 valence electrons. The highest BCUT2D eigenvalue weighted by molar-refractivity contribution is 5.89. The van der Waals surface area contributed by atoms with Gasteiger partial charge in [-0.3, -0.25) is 0 Å². The van der Waals surface area contributed by atoms with Gasteiger partial charge in [-0.25, -0.2) is 9.78 Å². The Morgan fingerprint density at radius 2 is 2.04 bits per heavy atom. The van der Waals surface area contributed by atoms with Crippen LogP contribution in [0.4, 0.5) is 0 Å². The fourth-order valence-electron chi connectivity index (χ4n) is 2.73. The Hall–Kier alpha value is -2.80. The molecule has 7 heteroatoms. The Labute approximate surface area is 144 Å². The van der Waals surface area contributed by atoms with E-state index < -0.39 is 23.8 Å². The quantitative estimate of drug-likeness (QED) is 0.823. The maximum atomic E-state index is 11.8. The summed E-state index contributed by atoms with van der Waals surface area (Å²) < 4.78 is 16.5. The Kier molecular flexibility index (Phi) is 4.26. The minimum atomic E-state index is -1.01. The summed E-state index contributed by atoms with van der Waals surface area (Å²) in [6.07, 6.45) is -0.416. The van der Waals surface area contributed by atoms with Crippen molar-refractivity contribution in [3.8, 4) is 17.4 Å². The third kappa shape index (κ3) is 3.23. The predicted molar refractivity (Wildman–Crippen MR) is 87.8 cm³/mol. The molecular weight excluding hydrogens is 326 g/mol. The summed E-state index contributed by atoms with van der Waals surface area (Å²) in [4.78, 5) is 15.5. The summed E-state index contributed by atoms with van der Waals surface area (Å²) in [5.74, 6) is 0.152. The van der Waals surface area contributed by atoms with E-state index >= 15 is 0 Å². The van der Waals surface area contributed by atoms with Gasteiger partial charge in [0.25, 0.3) is 0 Å². The molecule has 2 N–H and O–H groups in total. The van der Waals surface area contributed by atoms with E-state index in [0.29, 0.717) is 22.6 Å². The molecule has 2 aromatic rings. The molecular formula is C18H19NO6. The van der Waals surface area contributed by atoms with Crippen molar-refractivity contribution in [3.05, 3.63) is 47.7 Å². The molecule has 0 radical (unpaired) electrons. The number of hydrogen-bond acceptors (Lipinski definition) is 7. The van der Waals surface area contributed by atoms with Gasteiger partial charge in [0, 0.05) is 17.8 Å². The third-order valence-corrected chi connectivity index (χ3v) is 4.09.